The van der Waals surface area contributed by atoms with E-state index in [9.17, 15) is 5.11 Å². The summed E-state index contributed by atoms with van der Waals surface area (Å²) in [5.74, 6) is 0.944. The highest BCUT2D eigenvalue weighted by molar-refractivity contribution is 5.27. The van der Waals surface area contributed by atoms with Crippen molar-refractivity contribution in [3.8, 4) is 5.75 Å². The van der Waals surface area contributed by atoms with E-state index in [1.165, 1.54) is 12.0 Å². The van der Waals surface area contributed by atoms with Gasteiger partial charge in [-0.25, -0.2) is 0 Å². The summed E-state index contributed by atoms with van der Waals surface area (Å²) in [6.07, 6.45) is 6.47. The number of hydrogen-bond acceptors (Lipinski definition) is 3. The molecule has 0 bridgehead atoms. The Labute approximate surface area is 122 Å². The van der Waals surface area contributed by atoms with E-state index in [1.54, 1.807) is 0 Å². The van der Waals surface area contributed by atoms with E-state index in [2.05, 4.69) is 24.4 Å². The number of ether oxygens (including phenoxy) is 1. The normalized spacial score (nSPS) is 22.7. The number of aliphatic hydroxyl groups excluding tert-OH is 1. The van der Waals surface area contributed by atoms with Gasteiger partial charge in [0.2, 0.25) is 0 Å². The Hall–Kier alpha value is -1.06. The molecule has 0 spiro atoms. The Morgan fingerprint density at radius 2 is 1.95 bits per heavy atom. The van der Waals surface area contributed by atoms with Crippen LogP contribution in [-0.4, -0.2) is 23.9 Å². The molecule has 2 atom stereocenters. The van der Waals surface area contributed by atoms with Crippen LogP contribution in [0, 0.1) is 0 Å². The van der Waals surface area contributed by atoms with Crippen molar-refractivity contribution in [3.63, 3.8) is 0 Å². The van der Waals surface area contributed by atoms with Gasteiger partial charge >= 0.3 is 0 Å². The fourth-order valence-corrected chi connectivity index (χ4v) is 2.64. The minimum Gasteiger partial charge on any atom is -0.494 e. The standard InChI is InChI=1S/C17H27NO2/c1-2-3-12-20-15-10-8-14(9-11-15)13-18-16-6-4-5-7-17(16)19/h8-11,16-19H,2-7,12-13H2,1H3. The summed E-state index contributed by atoms with van der Waals surface area (Å²) in [6.45, 7) is 3.77. The SMILES string of the molecule is CCCCOc1ccc(CNC2CCCCC2O)cc1. The number of nitrogens with one attached hydrogen (secondary N) is 1. The van der Waals surface area contributed by atoms with E-state index in [0.717, 1.165) is 51.0 Å². The Morgan fingerprint density at radius 3 is 2.65 bits per heavy atom. The second-order valence-corrected chi connectivity index (χ2v) is 5.69. The molecule has 0 amide bonds. The van der Waals surface area contributed by atoms with Gasteiger partial charge in [-0.05, 0) is 37.0 Å². The minimum atomic E-state index is -0.180. The van der Waals surface area contributed by atoms with Gasteiger partial charge in [-0.2, -0.15) is 0 Å². The van der Waals surface area contributed by atoms with Gasteiger partial charge < -0.3 is 15.2 Å². The van der Waals surface area contributed by atoms with Crippen LogP contribution in [0.3, 0.4) is 0 Å². The van der Waals surface area contributed by atoms with Crippen molar-refractivity contribution in [1.82, 2.24) is 5.32 Å². The van der Waals surface area contributed by atoms with E-state index in [0.29, 0.717) is 0 Å². The largest absolute Gasteiger partial charge is 0.494 e. The van der Waals surface area contributed by atoms with Gasteiger partial charge in [0.05, 0.1) is 12.7 Å². The van der Waals surface area contributed by atoms with Crippen LogP contribution in [-0.2, 0) is 6.54 Å². The third-order valence-corrected chi connectivity index (χ3v) is 3.99. The first-order chi connectivity index (χ1) is 9.79. The molecule has 1 aliphatic carbocycles. The molecule has 112 valence electrons. The zero-order chi connectivity index (χ0) is 14.2. The average molecular weight is 277 g/mol. The summed E-state index contributed by atoms with van der Waals surface area (Å²) in [4.78, 5) is 0. The molecule has 0 saturated heterocycles. The first kappa shape index (κ1) is 15.3. The Balaban J connectivity index is 1.75. The van der Waals surface area contributed by atoms with Crippen LogP contribution in [0.4, 0.5) is 0 Å². The van der Waals surface area contributed by atoms with E-state index >= 15 is 0 Å². The summed E-state index contributed by atoms with van der Waals surface area (Å²) < 4.78 is 5.65. The lowest BCUT2D eigenvalue weighted by atomic mass is 9.92. The first-order valence-corrected chi connectivity index (χ1v) is 7.93. The monoisotopic (exact) mass is 277 g/mol. The van der Waals surface area contributed by atoms with Gasteiger partial charge in [-0.1, -0.05) is 38.3 Å². The van der Waals surface area contributed by atoms with Crippen LogP contribution in [0.15, 0.2) is 24.3 Å². The van der Waals surface area contributed by atoms with Crippen molar-refractivity contribution >= 4 is 0 Å². The third kappa shape index (κ3) is 4.80. The molecule has 3 heteroatoms. The maximum Gasteiger partial charge on any atom is 0.119 e. The van der Waals surface area contributed by atoms with Crippen molar-refractivity contribution in [2.75, 3.05) is 6.61 Å². The molecule has 1 aliphatic rings. The van der Waals surface area contributed by atoms with Gasteiger partial charge in [0.1, 0.15) is 5.75 Å². The molecule has 2 rings (SSSR count). The molecule has 3 nitrogen and oxygen atoms in total. The Kier molecular flexibility index (Phi) is 6.34. The molecular weight excluding hydrogens is 250 g/mol. The van der Waals surface area contributed by atoms with Crippen molar-refractivity contribution in [1.29, 1.82) is 0 Å². The van der Waals surface area contributed by atoms with Crippen molar-refractivity contribution in [3.05, 3.63) is 29.8 Å². The predicted molar refractivity (Wildman–Crippen MR) is 81.9 cm³/mol. The molecule has 2 N–H and O–H groups in total. The smallest absolute Gasteiger partial charge is 0.119 e. The first-order valence-electron chi connectivity index (χ1n) is 7.93. The van der Waals surface area contributed by atoms with E-state index < -0.39 is 0 Å². The Morgan fingerprint density at radius 1 is 1.20 bits per heavy atom. The van der Waals surface area contributed by atoms with E-state index in [4.69, 9.17) is 4.74 Å². The lowest BCUT2D eigenvalue weighted by Gasteiger charge is -2.28. The lowest BCUT2D eigenvalue weighted by Crippen LogP contribution is -2.41. The van der Waals surface area contributed by atoms with Crippen LogP contribution in [0.2, 0.25) is 0 Å². The summed E-state index contributed by atoms with van der Waals surface area (Å²) in [5, 5.41) is 13.4. The maximum atomic E-state index is 9.93. The summed E-state index contributed by atoms with van der Waals surface area (Å²) >= 11 is 0. The highest BCUT2D eigenvalue weighted by Gasteiger charge is 2.21. The summed E-state index contributed by atoms with van der Waals surface area (Å²) in [5.41, 5.74) is 1.24. The van der Waals surface area contributed by atoms with Crippen molar-refractivity contribution in [2.24, 2.45) is 0 Å². The molecule has 1 saturated carbocycles. The summed E-state index contributed by atoms with van der Waals surface area (Å²) in [7, 11) is 0. The number of benzene rings is 1. The lowest BCUT2D eigenvalue weighted by molar-refractivity contribution is 0.0902. The van der Waals surface area contributed by atoms with Gasteiger partial charge in [0.25, 0.3) is 0 Å². The quantitative estimate of drug-likeness (QED) is 0.752. The molecule has 2 unspecified atom stereocenters. The minimum absolute atomic E-state index is 0.180. The van der Waals surface area contributed by atoms with E-state index in [1.807, 2.05) is 12.1 Å². The van der Waals surface area contributed by atoms with Gasteiger partial charge in [0.15, 0.2) is 0 Å². The second kappa shape index (κ2) is 8.28. The molecule has 1 aromatic carbocycles. The summed E-state index contributed by atoms with van der Waals surface area (Å²) in [6, 6.07) is 8.52. The zero-order valence-corrected chi connectivity index (χ0v) is 12.5. The Bertz CT molecular complexity index is 377. The molecule has 0 aliphatic heterocycles. The molecule has 20 heavy (non-hydrogen) atoms. The number of unbranched alkanes of at least 4 members (excludes halogenated alkanes) is 1. The zero-order valence-electron chi connectivity index (χ0n) is 12.5. The molecule has 0 radical (unpaired) electrons. The number of hydrogen-bond donors (Lipinski definition) is 2. The number of aliphatic hydroxyl groups is 1. The van der Waals surface area contributed by atoms with Crippen LogP contribution in [0.25, 0.3) is 0 Å². The number of rotatable bonds is 7. The highest BCUT2D eigenvalue weighted by Crippen LogP contribution is 2.19. The fraction of sp³-hybridized carbons (Fsp3) is 0.647. The molecule has 0 heterocycles. The highest BCUT2D eigenvalue weighted by atomic mass is 16.5. The average Bonchev–Trinajstić information content (AvgIpc) is 2.48. The molecule has 1 aromatic rings. The molecular formula is C17H27NO2. The van der Waals surface area contributed by atoms with Gasteiger partial charge in [-0.3, -0.25) is 0 Å². The predicted octanol–water partition coefficient (Wildman–Crippen LogP) is 3.26. The topological polar surface area (TPSA) is 41.5 Å². The fourth-order valence-electron chi connectivity index (χ4n) is 2.64. The maximum absolute atomic E-state index is 9.93. The third-order valence-electron chi connectivity index (χ3n) is 3.99. The molecule has 1 fully saturated rings. The van der Waals surface area contributed by atoms with Crippen LogP contribution >= 0.6 is 0 Å². The van der Waals surface area contributed by atoms with Crippen LogP contribution < -0.4 is 10.1 Å². The molecule has 0 aromatic heterocycles. The van der Waals surface area contributed by atoms with Gasteiger partial charge in [-0.15, -0.1) is 0 Å². The van der Waals surface area contributed by atoms with Crippen molar-refractivity contribution < 1.29 is 9.84 Å². The van der Waals surface area contributed by atoms with Crippen LogP contribution in [0.1, 0.15) is 51.0 Å². The van der Waals surface area contributed by atoms with E-state index in [-0.39, 0.29) is 12.1 Å². The second-order valence-electron chi connectivity index (χ2n) is 5.69. The van der Waals surface area contributed by atoms with Crippen LogP contribution in [0.5, 0.6) is 5.75 Å². The van der Waals surface area contributed by atoms with Gasteiger partial charge in [0, 0.05) is 12.6 Å². The van der Waals surface area contributed by atoms with Crippen molar-refractivity contribution in [2.45, 2.75) is 64.1 Å².